The fraction of sp³-hybridized carbons (Fsp3) is 0.462. The van der Waals surface area contributed by atoms with Crippen molar-refractivity contribution >= 4 is 28.9 Å². The van der Waals surface area contributed by atoms with Gasteiger partial charge in [-0.2, -0.15) is 0 Å². The van der Waals surface area contributed by atoms with Crippen LogP contribution in [0.15, 0.2) is 18.2 Å². The van der Waals surface area contributed by atoms with Gasteiger partial charge in [0.1, 0.15) is 10.8 Å². The molecule has 1 saturated carbocycles. The van der Waals surface area contributed by atoms with Crippen molar-refractivity contribution in [2.75, 3.05) is 11.4 Å². The van der Waals surface area contributed by atoms with E-state index in [1.54, 1.807) is 6.07 Å². The van der Waals surface area contributed by atoms with Crippen LogP contribution in [0.3, 0.4) is 0 Å². The van der Waals surface area contributed by atoms with Gasteiger partial charge in [-0.15, -0.1) is 0 Å². The van der Waals surface area contributed by atoms with E-state index < -0.39 is 0 Å². The van der Waals surface area contributed by atoms with Crippen LogP contribution >= 0.6 is 12.2 Å². The summed E-state index contributed by atoms with van der Waals surface area (Å²) in [4.78, 5) is 17.9. The Bertz CT molecular complexity index is 485. The molecule has 0 spiro atoms. The van der Waals surface area contributed by atoms with Crippen LogP contribution in [0.2, 0.25) is 0 Å². The van der Waals surface area contributed by atoms with Gasteiger partial charge in [0, 0.05) is 6.04 Å². The van der Waals surface area contributed by atoms with Gasteiger partial charge in [-0.1, -0.05) is 31.1 Å². The molecule has 1 amide bonds. The second-order valence-corrected chi connectivity index (χ2v) is 5.22. The first-order chi connectivity index (χ1) is 9.08. The number of thiocarbonyl (C=S) groups is 1. The number of anilines is 1. The fourth-order valence-corrected chi connectivity index (χ4v) is 2.62. The Morgan fingerprint density at radius 3 is 2.63 bits per heavy atom. The largest absolute Gasteiger partial charge is 0.388 e. The van der Waals surface area contributed by atoms with Crippen molar-refractivity contribution in [1.29, 1.82) is 0 Å². The average molecular weight is 278 g/mol. The molecule has 0 aromatic carbocycles. The van der Waals surface area contributed by atoms with Crippen LogP contribution in [0.1, 0.15) is 31.4 Å². The van der Waals surface area contributed by atoms with Crippen molar-refractivity contribution in [2.24, 2.45) is 11.5 Å². The van der Waals surface area contributed by atoms with Crippen molar-refractivity contribution in [1.82, 2.24) is 4.98 Å². The number of hydrogen-bond acceptors (Lipinski definition) is 4. The van der Waals surface area contributed by atoms with Gasteiger partial charge in [-0.3, -0.25) is 4.79 Å². The van der Waals surface area contributed by atoms with E-state index in [2.05, 4.69) is 4.98 Å². The number of carbonyl (C=O) groups is 1. The Morgan fingerprint density at radius 1 is 1.37 bits per heavy atom. The predicted octanol–water partition coefficient (Wildman–Crippen LogP) is 0.950. The number of hydrogen-bond donors (Lipinski definition) is 2. The number of aromatic nitrogens is 1. The minimum Gasteiger partial charge on any atom is -0.388 e. The highest BCUT2D eigenvalue weighted by Gasteiger charge is 2.25. The SMILES string of the molecule is NC(=O)CN(c1cccc(C(N)=S)n1)C1CCCC1. The molecular weight excluding hydrogens is 260 g/mol. The number of nitrogens with two attached hydrogens (primary N) is 2. The number of pyridine rings is 1. The van der Waals surface area contributed by atoms with Crippen molar-refractivity contribution in [3.8, 4) is 0 Å². The van der Waals surface area contributed by atoms with Crippen LogP contribution in [0.25, 0.3) is 0 Å². The molecule has 19 heavy (non-hydrogen) atoms. The molecule has 6 heteroatoms. The Hall–Kier alpha value is -1.69. The smallest absolute Gasteiger partial charge is 0.237 e. The first-order valence-corrected chi connectivity index (χ1v) is 6.80. The Labute approximate surface area is 118 Å². The van der Waals surface area contributed by atoms with Gasteiger partial charge < -0.3 is 16.4 Å². The van der Waals surface area contributed by atoms with Crippen LogP contribution in [0, 0.1) is 0 Å². The number of primary amides is 1. The summed E-state index contributed by atoms with van der Waals surface area (Å²) >= 11 is 4.94. The monoisotopic (exact) mass is 278 g/mol. The highest BCUT2D eigenvalue weighted by Crippen LogP contribution is 2.27. The van der Waals surface area contributed by atoms with Crippen LogP contribution in [0.4, 0.5) is 5.82 Å². The molecule has 1 fully saturated rings. The van der Waals surface area contributed by atoms with Gasteiger partial charge in [0.2, 0.25) is 5.91 Å². The third-order valence-corrected chi connectivity index (χ3v) is 3.58. The lowest BCUT2D eigenvalue weighted by molar-refractivity contribution is -0.116. The van der Waals surface area contributed by atoms with Crippen LogP contribution in [-0.2, 0) is 4.79 Å². The van der Waals surface area contributed by atoms with Crippen molar-refractivity contribution in [3.05, 3.63) is 23.9 Å². The molecule has 0 saturated heterocycles. The first kappa shape index (κ1) is 13.7. The minimum atomic E-state index is -0.352. The Kier molecular flexibility index (Phi) is 4.31. The van der Waals surface area contributed by atoms with E-state index in [9.17, 15) is 4.79 Å². The summed E-state index contributed by atoms with van der Waals surface area (Å²) in [6.45, 7) is 0.179. The molecule has 2 rings (SSSR count). The summed E-state index contributed by atoms with van der Waals surface area (Å²) in [5.41, 5.74) is 11.5. The number of carbonyl (C=O) groups excluding carboxylic acids is 1. The number of rotatable bonds is 5. The number of amides is 1. The summed E-state index contributed by atoms with van der Waals surface area (Å²) in [5, 5.41) is 0. The van der Waals surface area contributed by atoms with Crippen molar-refractivity contribution in [2.45, 2.75) is 31.7 Å². The second-order valence-electron chi connectivity index (χ2n) is 4.78. The van der Waals surface area contributed by atoms with Crippen LogP contribution < -0.4 is 16.4 Å². The first-order valence-electron chi connectivity index (χ1n) is 6.39. The van der Waals surface area contributed by atoms with E-state index in [1.807, 2.05) is 17.0 Å². The van der Waals surface area contributed by atoms with E-state index in [0.717, 1.165) is 18.7 Å². The second kappa shape index (κ2) is 5.97. The Balaban J connectivity index is 2.28. The summed E-state index contributed by atoms with van der Waals surface area (Å²) in [6, 6.07) is 5.80. The normalized spacial score (nSPS) is 15.4. The Morgan fingerprint density at radius 2 is 2.05 bits per heavy atom. The molecule has 4 N–H and O–H groups in total. The zero-order valence-corrected chi connectivity index (χ0v) is 11.5. The third kappa shape index (κ3) is 3.41. The molecule has 0 radical (unpaired) electrons. The summed E-state index contributed by atoms with van der Waals surface area (Å²) in [5.74, 6) is 0.366. The maximum Gasteiger partial charge on any atom is 0.237 e. The molecule has 0 bridgehead atoms. The average Bonchev–Trinajstić information content (AvgIpc) is 2.89. The molecule has 0 aliphatic heterocycles. The molecular formula is C13H18N4OS. The zero-order valence-electron chi connectivity index (χ0n) is 10.7. The van der Waals surface area contributed by atoms with Gasteiger partial charge in [-0.05, 0) is 25.0 Å². The van der Waals surface area contributed by atoms with Crippen LogP contribution in [-0.4, -0.2) is 28.5 Å². The van der Waals surface area contributed by atoms with Gasteiger partial charge >= 0.3 is 0 Å². The molecule has 102 valence electrons. The van der Waals surface area contributed by atoms with Crippen molar-refractivity contribution < 1.29 is 4.79 Å². The summed E-state index contributed by atoms with van der Waals surface area (Å²) in [7, 11) is 0. The summed E-state index contributed by atoms with van der Waals surface area (Å²) in [6.07, 6.45) is 4.47. The topological polar surface area (TPSA) is 85.2 Å². The highest BCUT2D eigenvalue weighted by molar-refractivity contribution is 7.80. The molecule has 5 nitrogen and oxygen atoms in total. The molecule has 1 aliphatic rings. The molecule has 1 aromatic heterocycles. The van der Waals surface area contributed by atoms with Crippen LogP contribution in [0.5, 0.6) is 0 Å². The zero-order chi connectivity index (χ0) is 13.8. The maximum absolute atomic E-state index is 11.3. The molecule has 1 heterocycles. The molecule has 0 unspecified atom stereocenters. The van der Waals surface area contributed by atoms with E-state index in [4.69, 9.17) is 23.7 Å². The van der Waals surface area contributed by atoms with E-state index in [1.165, 1.54) is 12.8 Å². The van der Waals surface area contributed by atoms with E-state index >= 15 is 0 Å². The van der Waals surface area contributed by atoms with Gasteiger partial charge in [0.15, 0.2) is 0 Å². The quantitative estimate of drug-likeness (QED) is 0.783. The van der Waals surface area contributed by atoms with Crippen molar-refractivity contribution in [3.63, 3.8) is 0 Å². The standard InChI is InChI=1S/C13H18N4OS/c14-11(18)8-17(9-4-1-2-5-9)12-7-3-6-10(16-12)13(15)19/h3,6-7,9H,1-2,4-5,8H2,(H2,14,18)(H2,15,19). The lowest BCUT2D eigenvalue weighted by atomic mass is 10.2. The minimum absolute atomic E-state index is 0.179. The van der Waals surface area contributed by atoms with E-state index in [-0.39, 0.29) is 17.4 Å². The van der Waals surface area contributed by atoms with E-state index in [0.29, 0.717) is 11.7 Å². The molecule has 1 aliphatic carbocycles. The van der Waals surface area contributed by atoms with Gasteiger partial charge in [-0.25, -0.2) is 4.98 Å². The lowest BCUT2D eigenvalue weighted by Crippen LogP contribution is -2.40. The third-order valence-electron chi connectivity index (χ3n) is 3.37. The number of nitrogens with zero attached hydrogens (tertiary/aromatic N) is 2. The lowest BCUT2D eigenvalue weighted by Gasteiger charge is -2.29. The van der Waals surface area contributed by atoms with Gasteiger partial charge in [0.25, 0.3) is 0 Å². The highest BCUT2D eigenvalue weighted by atomic mass is 32.1. The molecule has 1 aromatic rings. The molecule has 0 atom stereocenters. The summed E-state index contributed by atoms with van der Waals surface area (Å²) < 4.78 is 0. The van der Waals surface area contributed by atoms with Gasteiger partial charge in [0.05, 0.1) is 12.2 Å². The predicted molar refractivity (Wildman–Crippen MR) is 78.9 cm³/mol. The fourth-order valence-electron chi connectivity index (χ4n) is 2.50. The maximum atomic E-state index is 11.3.